The Morgan fingerprint density at radius 2 is 0.926 bits per heavy atom. The highest BCUT2D eigenvalue weighted by Crippen LogP contribution is 2.41. The molecule has 282 valence electrons. The molecule has 0 aliphatic carbocycles. The fraction of sp³-hybridized carbons (Fsp3) is 0.317. The lowest BCUT2D eigenvalue weighted by Crippen LogP contribution is -2.49. The Balaban J connectivity index is 0.000000168. The molecular formula is C41H43Cl3N6O4. The smallest absolute Gasteiger partial charge is 0.244 e. The highest BCUT2D eigenvalue weighted by atomic mass is 35.6. The molecule has 4 N–H and O–H groups in total. The zero-order valence-electron chi connectivity index (χ0n) is 29.8. The fourth-order valence-electron chi connectivity index (χ4n) is 7.46. The number of halogens is 3. The van der Waals surface area contributed by atoms with Crippen molar-refractivity contribution in [2.45, 2.75) is 68.0 Å². The van der Waals surface area contributed by atoms with Gasteiger partial charge in [-0.25, -0.2) is 0 Å². The van der Waals surface area contributed by atoms with Gasteiger partial charge in [0, 0.05) is 25.9 Å². The van der Waals surface area contributed by atoms with Gasteiger partial charge in [0.1, 0.15) is 0 Å². The highest BCUT2D eigenvalue weighted by molar-refractivity contribution is 6.63. The third-order valence-corrected chi connectivity index (χ3v) is 9.88. The summed E-state index contributed by atoms with van der Waals surface area (Å²) in [6.07, 6.45) is 3.86. The summed E-state index contributed by atoms with van der Waals surface area (Å²) in [5.41, 5.74) is 19.7. The lowest BCUT2D eigenvalue weighted by atomic mass is 9.95. The van der Waals surface area contributed by atoms with Crippen LogP contribution in [0.2, 0.25) is 0 Å². The Bertz CT molecular complexity index is 1840. The maximum atomic E-state index is 12.8. The molecule has 0 saturated carbocycles. The summed E-state index contributed by atoms with van der Waals surface area (Å²) in [5, 5.41) is 0. The number of fused-ring (bicyclic) bond motifs is 2. The average molecular weight is 790 g/mol. The van der Waals surface area contributed by atoms with E-state index in [2.05, 4.69) is 0 Å². The molecule has 2 unspecified atom stereocenters. The lowest BCUT2D eigenvalue weighted by Gasteiger charge is -2.36. The summed E-state index contributed by atoms with van der Waals surface area (Å²) in [5.74, 6) is 0.0664. The molecule has 0 spiro atoms. The van der Waals surface area contributed by atoms with Crippen LogP contribution in [0.5, 0.6) is 0 Å². The van der Waals surface area contributed by atoms with Gasteiger partial charge in [-0.3, -0.25) is 19.2 Å². The van der Waals surface area contributed by atoms with Gasteiger partial charge < -0.3 is 31.1 Å². The highest BCUT2D eigenvalue weighted by Gasteiger charge is 2.37. The quantitative estimate of drug-likeness (QED) is 0.216. The number of hydrogen-bond donors (Lipinski definition) is 2. The van der Waals surface area contributed by atoms with E-state index in [4.69, 9.17) is 46.3 Å². The Labute approximate surface area is 330 Å². The van der Waals surface area contributed by atoms with Crippen LogP contribution in [0.25, 0.3) is 0 Å². The summed E-state index contributed by atoms with van der Waals surface area (Å²) >= 11 is 14.4. The van der Waals surface area contributed by atoms with E-state index in [1.807, 2.05) is 97.1 Å². The Morgan fingerprint density at radius 1 is 0.556 bits per heavy atom. The van der Waals surface area contributed by atoms with Crippen molar-refractivity contribution in [2.75, 3.05) is 32.7 Å². The second-order valence-corrected chi connectivity index (χ2v) is 15.5. The number of rotatable bonds is 6. The third-order valence-electron chi connectivity index (χ3n) is 9.88. The van der Waals surface area contributed by atoms with Gasteiger partial charge in [0.2, 0.25) is 23.6 Å². The van der Waals surface area contributed by atoms with Crippen LogP contribution in [-0.2, 0) is 45.1 Å². The Hall–Kier alpha value is -4.45. The molecule has 54 heavy (non-hydrogen) atoms. The zero-order chi connectivity index (χ0) is 38.4. The molecule has 8 rings (SSSR count). The number of nitrogens with two attached hydrogens (primary N) is 2. The van der Waals surface area contributed by atoms with E-state index >= 15 is 0 Å². The molecule has 2 atom stereocenters. The summed E-state index contributed by atoms with van der Waals surface area (Å²) in [6.45, 7) is 2.32. The number of nitrogens with zero attached hydrogens (tertiary/aromatic N) is 4. The van der Waals surface area contributed by atoms with Crippen molar-refractivity contribution < 1.29 is 19.2 Å². The maximum absolute atomic E-state index is 12.8. The monoisotopic (exact) mass is 788 g/mol. The summed E-state index contributed by atoms with van der Waals surface area (Å²) in [6, 6.07) is 30.4. The first-order valence-electron chi connectivity index (χ1n) is 18.0. The minimum atomic E-state index is -0.750. The van der Waals surface area contributed by atoms with E-state index in [-0.39, 0.29) is 23.6 Å². The first-order chi connectivity index (χ1) is 26.0. The van der Waals surface area contributed by atoms with E-state index < -0.39 is 16.4 Å². The van der Waals surface area contributed by atoms with Crippen molar-refractivity contribution in [1.82, 2.24) is 0 Å². The molecule has 0 bridgehead atoms. The van der Waals surface area contributed by atoms with Gasteiger partial charge in [-0.15, -0.1) is 0 Å². The lowest BCUT2D eigenvalue weighted by molar-refractivity contribution is -0.121. The van der Waals surface area contributed by atoms with Gasteiger partial charge in [0.25, 0.3) is 0 Å². The first kappa shape index (κ1) is 39.2. The van der Waals surface area contributed by atoms with E-state index in [0.29, 0.717) is 51.9 Å². The number of benzene rings is 4. The van der Waals surface area contributed by atoms with Crippen LogP contribution in [-0.4, -0.2) is 53.1 Å². The number of amides is 4. The van der Waals surface area contributed by atoms with Crippen LogP contribution in [0.1, 0.15) is 47.9 Å². The summed E-state index contributed by atoms with van der Waals surface area (Å²) in [7, 11) is 0. The number of hydrogen-bond acceptors (Lipinski definition) is 6. The van der Waals surface area contributed by atoms with Crippen LogP contribution in [0.3, 0.4) is 0 Å². The molecule has 4 aliphatic heterocycles. The molecule has 0 aromatic heterocycles. The van der Waals surface area contributed by atoms with Crippen molar-refractivity contribution in [3.8, 4) is 0 Å². The van der Waals surface area contributed by atoms with Gasteiger partial charge in [0.05, 0.1) is 47.9 Å². The first-order valence-corrected chi connectivity index (χ1v) is 19.3. The zero-order valence-corrected chi connectivity index (χ0v) is 32.0. The molecule has 4 aliphatic rings. The second-order valence-electron chi connectivity index (χ2n) is 13.6. The van der Waals surface area contributed by atoms with Crippen LogP contribution in [0, 0.1) is 0 Å². The normalized spacial score (nSPS) is 19.3. The van der Waals surface area contributed by atoms with Crippen molar-refractivity contribution in [3.63, 3.8) is 0 Å². The molecule has 13 heteroatoms. The fourth-order valence-corrected chi connectivity index (χ4v) is 7.46. The van der Waals surface area contributed by atoms with Crippen LogP contribution in [0.4, 0.5) is 22.7 Å². The topological polar surface area (TPSA) is 133 Å². The van der Waals surface area contributed by atoms with Crippen molar-refractivity contribution in [1.29, 1.82) is 0 Å². The number of carbonyl (C=O) groups excluding carboxylic acids is 4. The number of carbonyl (C=O) groups is 4. The van der Waals surface area contributed by atoms with Crippen LogP contribution < -0.4 is 31.1 Å². The summed E-state index contributed by atoms with van der Waals surface area (Å²) in [4.78, 5) is 57.3. The largest absolute Gasteiger partial charge is 0.320 e. The molecule has 0 radical (unpaired) electrons. The van der Waals surface area contributed by atoms with Gasteiger partial charge in [-0.2, -0.15) is 0 Å². The predicted molar refractivity (Wildman–Crippen MR) is 216 cm³/mol. The number of anilines is 4. The number of para-hydroxylation sites is 2. The van der Waals surface area contributed by atoms with E-state index in [1.165, 1.54) is 0 Å². The molecule has 2 saturated heterocycles. The van der Waals surface area contributed by atoms with E-state index in [0.717, 1.165) is 57.8 Å². The van der Waals surface area contributed by atoms with Crippen molar-refractivity contribution >= 4 is 81.2 Å². The van der Waals surface area contributed by atoms with Gasteiger partial charge in [0.15, 0.2) is 4.30 Å². The standard InChI is InChI=1S/2C20H21N3O2.CHCl3/c2*21-16-12-15-8-4-9-17(22-11-5-10-18(22)24)19(15)23(20(16)25)13-14-6-2-1-3-7-14;2-1(3)4/h2*1-4,6-9,16H,5,10-13,21H2;1H. The molecule has 4 amide bonds. The second kappa shape index (κ2) is 17.8. The number of alkyl halides is 3. The molecule has 4 aromatic carbocycles. The molecule has 2 fully saturated rings. The van der Waals surface area contributed by atoms with Gasteiger partial charge in [-0.1, -0.05) is 120 Å². The molecule has 4 heterocycles. The SMILES string of the molecule is ClC(Cl)Cl.NC1Cc2cccc(N3CCCC3=O)c2N(Cc2ccccc2)C1=O.NC1Cc2cccc(N3CCCC3=O)c2N(Cc2ccccc2)C1=O. The van der Waals surface area contributed by atoms with Crippen LogP contribution >= 0.6 is 34.8 Å². The van der Waals surface area contributed by atoms with E-state index in [1.54, 1.807) is 19.6 Å². The van der Waals surface area contributed by atoms with Crippen molar-refractivity contribution in [3.05, 3.63) is 119 Å². The van der Waals surface area contributed by atoms with E-state index in [9.17, 15) is 19.2 Å². The maximum Gasteiger partial charge on any atom is 0.244 e. The molecular weight excluding hydrogens is 747 g/mol. The average Bonchev–Trinajstić information content (AvgIpc) is 3.79. The van der Waals surface area contributed by atoms with Crippen LogP contribution in [0.15, 0.2) is 97.1 Å². The third kappa shape index (κ3) is 8.91. The Kier molecular flexibility index (Phi) is 12.9. The molecule has 4 aromatic rings. The molecule has 10 nitrogen and oxygen atoms in total. The van der Waals surface area contributed by atoms with Crippen molar-refractivity contribution in [2.24, 2.45) is 11.5 Å². The Morgan fingerprint density at radius 3 is 1.26 bits per heavy atom. The minimum Gasteiger partial charge on any atom is -0.320 e. The predicted octanol–water partition coefficient (Wildman–Crippen LogP) is 6.45. The van der Waals surface area contributed by atoms with Gasteiger partial charge >= 0.3 is 0 Å². The van der Waals surface area contributed by atoms with Gasteiger partial charge in [-0.05, 0) is 60.1 Å². The summed E-state index contributed by atoms with van der Waals surface area (Å²) < 4.78 is -0.750. The minimum absolute atomic E-state index is 0.0875.